The van der Waals surface area contributed by atoms with Crippen LogP contribution in [-0.4, -0.2) is 33.3 Å². The molecule has 94 valence electrons. The molecule has 4 N–H and O–H groups in total. The van der Waals surface area contributed by atoms with Gasteiger partial charge in [-0.25, -0.2) is 0 Å². The summed E-state index contributed by atoms with van der Waals surface area (Å²) in [7, 11) is 1.66. The Hall–Kier alpha value is -2.05. The molecule has 1 heterocycles. The number of carboxylic acid groups (broad SMARTS) is 1. The Morgan fingerprint density at radius 1 is 1.59 bits per heavy atom. The molecule has 1 unspecified atom stereocenters. The van der Waals surface area contributed by atoms with Gasteiger partial charge in [-0.15, -0.1) is 0 Å². The van der Waals surface area contributed by atoms with Gasteiger partial charge in [0, 0.05) is 13.6 Å². The van der Waals surface area contributed by atoms with Crippen LogP contribution in [0.15, 0.2) is 0 Å². The van der Waals surface area contributed by atoms with Gasteiger partial charge in [0.25, 0.3) is 5.91 Å². The summed E-state index contributed by atoms with van der Waals surface area (Å²) < 4.78 is 1.48. The maximum absolute atomic E-state index is 11.2. The van der Waals surface area contributed by atoms with Gasteiger partial charge in [-0.05, 0) is 6.92 Å². The van der Waals surface area contributed by atoms with Crippen LogP contribution < -0.4 is 11.1 Å². The largest absolute Gasteiger partial charge is 0.481 e. The van der Waals surface area contributed by atoms with Crippen molar-refractivity contribution in [3.05, 3.63) is 11.3 Å². The summed E-state index contributed by atoms with van der Waals surface area (Å²) in [5.41, 5.74) is 6.06. The Kier molecular flexibility index (Phi) is 3.72. The summed E-state index contributed by atoms with van der Waals surface area (Å²) in [6.07, 6.45) is 0. The maximum atomic E-state index is 11.2. The van der Waals surface area contributed by atoms with Gasteiger partial charge in [-0.3, -0.25) is 14.3 Å². The molecule has 1 aromatic rings. The summed E-state index contributed by atoms with van der Waals surface area (Å²) in [6.45, 7) is 3.45. The van der Waals surface area contributed by atoms with Crippen LogP contribution >= 0.6 is 0 Å². The first kappa shape index (κ1) is 13.0. The van der Waals surface area contributed by atoms with Gasteiger partial charge in [0.1, 0.15) is 11.4 Å². The molecule has 1 atom stereocenters. The van der Waals surface area contributed by atoms with Crippen LogP contribution in [0.3, 0.4) is 0 Å². The van der Waals surface area contributed by atoms with E-state index < -0.39 is 17.8 Å². The van der Waals surface area contributed by atoms with E-state index in [1.165, 1.54) is 4.68 Å². The van der Waals surface area contributed by atoms with Gasteiger partial charge in [0.15, 0.2) is 0 Å². The second-order valence-electron chi connectivity index (χ2n) is 3.92. The molecule has 7 nitrogen and oxygen atoms in total. The number of carbonyl (C=O) groups excluding carboxylic acids is 1. The molecule has 0 aromatic carbocycles. The number of aromatic nitrogens is 2. The Morgan fingerprint density at radius 2 is 2.18 bits per heavy atom. The van der Waals surface area contributed by atoms with Crippen molar-refractivity contribution in [1.82, 2.24) is 9.78 Å². The molecular formula is C10H16N4O3. The normalized spacial score (nSPS) is 12.2. The average Bonchev–Trinajstić information content (AvgIpc) is 2.49. The minimum Gasteiger partial charge on any atom is -0.481 e. The molecule has 0 bridgehead atoms. The molecule has 1 rings (SSSR count). The first-order chi connectivity index (χ1) is 7.84. The third kappa shape index (κ3) is 2.74. The number of primary amides is 1. The number of amides is 1. The molecule has 0 saturated carbocycles. The highest BCUT2D eigenvalue weighted by Crippen LogP contribution is 2.18. The molecule has 0 aliphatic heterocycles. The smallest absolute Gasteiger partial charge is 0.308 e. The number of carbonyl (C=O) groups is 2. The van der Waals surface area contributed by atoms with Crippen molar-refractivity contribution in [2.75, 3.05) is 11.9 Å². The summed E-state index contributed by atoms with van der Waals surface area (Å²) in [6, 6.07) is 0. The zero-order valence-electron chi connectivity index (χ0n) is 10.0. The number of carboxylic acids is 1. The molecule has 0 aliphatic rings. The first-order valence-electron chi connectivity index (χ1n) is 5.14. The molecule has 0 radical (unpaired) electrons. The summed E-state index contributed by atoms with van der Waals surface area (Å²) >= 11 is 0. The maximum Gasteiger partial charge on any atom is 0.308 e. The molecule has 1 aromatic heterocycles. The van der Waals surface area contributed by atoms with E-state index in [2.05, 4.69) is 10.4 Å². The first-order valence-corrected chi connectivity index (χ1v) is 5.14. The van der Waals surface area contributed by atoms with E-state index in [-0.39, 0.29) is 6.54 Å². The molecular weight excluding hydrogens is 224 g/mol. The summed E-state index contributed by atoms with van der Waals surface area (Å²) in [5, 5.41) is 15.7. The van der Waals surface area contributed by atoms with Crippen LogP contribution in [0.2, 0.25) is 0 Å². The molecule has 0 fully saturated rings. The molecule has 7 heteroatoms. The third-order valence-corrected chi connectivity index (χ3v) is 2.47. The number of anilines is 1. The van der Waals surface area contributed by atoms with E-state index in [0.717, 1.165) is 0 Å². The van der Waals surface area contributed by atoms with Crippen molar-refractivity contribution in [2.45, 2.75) is 13.8 Å². The van der Waals surface area contributed by atoms with E-state index in [4.69, 9.17) is 10.8 Å². The van der Waals surface area contributed by atoms with Gasteiger partial charge in [-0.1, -0.05) is 6.92 Å². The standard InChI is InChI=1S/C10H16N4O3/c1-5(10(16)17)4-12-9-7(8(11)15)6(2)13-14(9)3/h5,12H,4H2,1-3H3,(H2,11,15)(H,16,17). The van der Waals surface area contributed by atoms with Crippen molar-refractivity contribution in [3.8, 4) is 0 Å². The Balaban J connectivity index is 2.91. The number of aryl methyl sites for hydroxylation is 2. The molecule has 1 amide bonds. The fourth-order valence-corrected chi connectivity index (χ4v) is 1.49. The highest BCUT2D eigenvalue weighted by molar-refractivity contribution is 5.98. The Morgan fingerprint density at radius 3 is 2.65 bits per heavy atom. The van der Waals surface area contributed by atoms with Crippen molar-refractivity contribution in [2.24, 2.45) is 18.7 Å². The highest BCUT2D eigenvalue weighted by atomic mass is 16.4. The van der Waals surface area contributed by atoms with Crippen LogP contribution in [0.5, 0.6) is 0 Å². The van der Waals surface area contributed by atoms with Crippen LogP contribution in [0, 0.1) is 12.8 Å². The highest BCUT2D eigenvalue weighted by Gasteiger charge is 2.19. The van der Waals surface area contributed by atoms with E-state index in [9.17, 15) is 9.59 Å². The zero-order chi connectivity index (χ0) is 13.2. The summed E-state index contributed by atoms with van der Waals surface area (Å²) in [5.74, 6) is -1.60. The van der Waals surface area contributed by atoms with Crippen molar-refractivity contribution in [1.29, 1.82) is 0 Å². The monoisotopic (exact) mass is 240 g/mol. The van der Waals surface area contributed by atoms with Gasteiger partial charge >= 0.3 is 5.97 Å². The number of nitrogens with one attached hydrogen (secondary N) is 1. The number of nitrogens with two attached hydrogens (primary N) is 1. The van der Waals surface area contributed by atoms with Crippen LogP contribution in [0.4, 0.5) is 5.82 Å². The SMILES string of the molecule is Cc1nn(C)c(NCC(C)C(=O)O)c1C(N)=O. The van der Waals surface area contributed by atoms with E-state index in [1.54, 1.807) is 20.9 Å². The minimum absolute atomic E-state index is 0.203. The van der Waals surface area contributed by atoms with Gasteiger partial charge < -0.3 is 16.2 Å². The lowest BCUT2D eigenvalue weighted by Crippen LogP contribution is -2.22. The van der Waals surface area contributed by atoms with Gasteiger partial charge in [0.2, 0.25) is 0 Å². The van der Waals surface area contributed by atoms with Gasteiger partial charge in [-0.2, -0.15) is 5.10 Å². The minimum atomic E-state index is -0.906. The van der Waals surface area contributed by atoms with E-state index >= 15 is 0 Å². The second-order valence-corrected chi connectivity index (χ2v) is 3.92. The fraction of sp³-hybridized carbons (Fsp3) is 0.500. The predicted molar refractivity (Wildman–Crippen MR) is 61.8 cm³/mol. The number of nitrogens with zero attached hydrogens (tertiary/aromatic N) is 2. The lowest BCUT2D eigenvalue weighted by molar-refractivity contribution is -0.140. The fourth-order valence-electron chi connectivity index (χ4n) is 1.49. The van der Waals surface area contributed by atoms with E-state index in [1.807, 2.05) is 0 Å². The predicted octanol–water partition coefficient (Wildman–Crippen LogP) is -0.0400. The van der Waals surface area contributed by atoms with Crippen molar-refractivity contribution in [3.63, 3.8) is 0 Å². The number of hydrogen-bond acceptors (Lipinski definition) is 4. The topological polar surface area (TPSA) is 110 Å². The number of aliphatic carboxylic acids is 1. The van der Waals surface area contributed by atoms with Crippen molar-refractivity contribution < 1.29 is 14.7 Å². The molecule has 0 spiro atoms. The quantitative estimate of drug-likeness (QED) is 0.668. The zero-order valence-corrected chi connectivity index (χ0v) is 10.0. The van der Waals surface area contributed by atoms with Crippen LogP contribution in [0.25, 0.3) is 0 Å². The molecule has 0 saturated heterocycles. The Bertz CT molecular complexity index is 453. The lowest BCUT2D eigenvalue weighted by Gasteiger charge is -2.10. The van der Waals surface area contributed by atoms with E-state index in [0.29, 0.717) is 17.1 Å². The molecule has 17 heavy (non-hydrogen) atoms. The van der Waals surface area contributed by atoms with Crippen molar-refractivity contribution >= 4 is 17.7 Å². The second kappa shape index (κ2) is 4.86. The molecule has 0 aliphatic carbocycles. The number of hydrogen-bond donors (Lipinski definition) is 3. The lowest BCUT2D eigenvalue weighted by atomic mass is 10.2. The Labute approximate surface area is 98.6 Å². The van der Waals surface area contributed by atoms with Gasteiger partial charge in [0.05, 0.1) is 11.6 Å². The van der Waals surface area contributed by atoms with Crippen LogP contribution in [0.1, 0.15) is 23.0 Å². The third-order valence-electron chi connectivity index (χ3n) is 2.47. The number of rotatable bonds is 5. The van der Waals surface area contributed by atoms with Crippen LogP contribution in [-0.2, 0) is 11.8 Å². The summed E-state index contributed by atoms with van der Waals surface area (Å²) in [4.78, 5) is 21.9. The average molecular weight is 240 g/mol.